The van der Waals surface area contributed by atoms with Crippen molar-refractivity contribution in [1.29, 1.82) is 0 Å². The molecule has 1 aromatic heterocycles. The van der Waals surface area contributed by atoms with Crippen LogP contribution in [0.15, 0.2) is 6.20 Å². The number of nitrogen functional groups attached to an aromatic ring is 1. The Balaban J connectivity index is 2.87. The van der Waals surface area contributed by atoms with E-state index in [0.717, 1.165) is 6.20 Å². The summed E-state index contributed by atoms with van der Waals surface area (Å²) in [6, 6.07) is 0. The molecule has 0 fully saturated rings. The summed E-state index contributed by atoms with van der Waals surface area (Å²) < 4.78 is 24.1. The van der Waals surface area contributed by atoms with Gasteiger partial charge in [0.05, 0.1) is 4.92 Å². The molecule has 0 bridgehead atoms. The molecule has 1 aromatic rings. The van der Waals surface area contributed by atoms with Crippen LogP contribution in [0.2, 0.25) is 0 Å². The molecule has 9 nitrogen and oxygen atoms in total. The maximum absolute atomic E-state index is 12.0. The summed E-state index contributed by atoms with van der Waals surface area (Å²) in [5.41, 5.74) is 1.53. The lowest BCUT2D eigenvalue weighted by Crippen LogP contribution is -2.27. The minimum absolute atomic E-state index is 0.130. The molecule has 0 spiro atoms. The number of rotatable bonds is 6. The van der Waals surface area contributed by atoms with Crippen molar-refractivity contribution in [3.8, 4) is 0 Å². The van der Waals surface area contributed by atoms with E-state index in [9.17, 15) is 18.9 Å². The van der Waals surface area contributed by atoms with E-state index >= 15 is 0 Å². The van der Waals surface area contributed by atoms with Gasteiger partial charge in [0.1, 0.15) is 12.3 Å². The minimum Gasteiger partial charge on any atom is -0.385 e. The average Bonchev–Trinajstić information content (AvgIpc) is 2.34. The summed E-state index contributed by atoms with van der Waals surface area (Å²) in [5, 5.41) is 21.7. The maximum Gasteiger partial charge on any atom is 0.329 e. The Labute approximate surface area is 99.2 Å². The second-order valence-corrected chi connectivity index (χ2v) is 3.11. The van der Waals surface area contributed by atoms with Crippen LogP contribution in [-0.4, -0.2) is 39.1 Å². The van der Waals surface area contributed by atoms with Gasteiger partial charge in [-0.1, -0.05) is 0 Å². The van der Waals surface area contributed by atoms with Crippen LogP contribution in [0.3, 0.4) is 0 Å². The molecular weight excluding hydrogens is 254 g/mol. The van der Waals surface area contributed by atoms with Crippen molar-refractivity contribution in [2.75, 3.05) is 17.3 Å². The third kappa shape index (κ3) is 3.43. The van der Waals surface area contributed by atoms with Gasteiger partial charge in [0.25, 0.3) is 6.43 Å². The zero-order valence-corrected chi connectivity index (χ0v) is 8.88. The fourth-order valence-electron chi connectivity index (χ4n) is 0.999. The van der Waals surface area contributed by atoms with Crippen LogP contribution in [0.1, 0.15) is 0 Å². The molecule has 0 saturated heterocycles. The summed E-state index contributed by atoms with van der Waals surface area (Å²) in [7, 11) is 0. The van der Waals surface area contributed by atoms with E-state index in [1.807, 2.05) is 5.43 Å². The van der Waals surface area contributed by atoms with Gasteiger partial charge in [0, 0.05) is 6.54 Å². The molecule has 0 aliphatic heterocycles. The number of aromatic nitrogens is 2. The Morgan fingerprint density at radius 1 is 1.61 bits per heavy atom. The van der Waals surface area contributed by atoms with Gasteiger partial charge in [-0.2, -0.15) is 4.98 Å². The number of halogens is 2. The third-order valence-electron chi connectivity index (χ3n) is 1.86. The summed E-state index contributed by atoms with van der Waals surface area (Å²) in [5.74, 6) is 4.56. The summed E-state index contributed by atoms with van der Waals surface area (Å²) >= 11 is 0. The Bertz CT molecular complexity index is 432. The first-order chi connectivity index (χ1) is 8.45. The first-order valence-corrected chi connectivity index (χ1v) is 4.63. The molecule has 0 aliphatic carbocycles. The van der Waals surface area contributed by atoms with Crippen LogP contribution < -0.4 is 16.6 Å². The highest BCUT2D eigenvalue weighted by molar-refractivity contribution is 5.56. The van der Waals surface area contributed by atoms with Crippen LogP contribution in [-0.2, 0) is 0 Å². The number of aliphatic hydroxyl groups excluding tert-OH is 1. The third-order valence-corrected chi connectivity index (χ3v) is 1.86. The lowest BCUT2D eigenvalue weighted by Gasteiger charge is -2.11. The average molecular weight is 264 g/mol. The highest BCUT2D eigenvalue weighted by Crippen LogP contribution is 2.21. The fraction of sp³-hybridized carbons (Fsp3) is 0.429. The van der Waals surface area contributed by atoms with E-state index in [-0.39, 0.29) is 11.8 Å². The molecule has 0 aliphatic rings. The zero-order valence-electron chi connectivity index (χ0n) is 8.88. The summed E-state index contributed by atoms with van der Waals surface area (Å²) in [4.78, 5) is 16.9. The second kappa shape index (κ2) is 5.97. The maximum atomic E-state index is 12.0. The number of alkyl halides is 2. The van der Waals surface area contributed by atoms with Crippen LogP contribution in [0.4, 0.5) is 26.2 Å². The molecule has 1 atom stereocenters. The van der Waals surface area contributed by atoms with Crippen molar-refractivity contribution in [3.05, 3.63) is 16.3 Å². The Kier molecular flexibility index (Phi) is 4.62. The van der Waals surface area contributed by atoms with Crippen molar-refractivity contribution < 1.29 is 18.8 Å². The molecule has 0 amide bonds. The molecule has 1 heterocycles. The number of aliphatic hydroxyl groups is 1. The number of hydrogen-bond acceptors (Lipinski definition) is 8. The molecule has 5 N–H and O–H groups in total. The van der Waals surface area contributed by atoms with Gasteiger partial charge < -0.3 is 10.4 Å². The van der Waals surface area contributed by atoms with Gasteiger partial charge in [-0.3, -0.25) is 15.5 Å². The van der Waals surface area contributed by atoms with E-state index < -0.39 is 29.7 Å². The molecule has 0 aromatic carbocycles. The highest BCUT2D eigenvalue weighted by Gasteiger charge is 2.21. The standard InChI is InChI=1S/C7H10F2N6O3/c8-5(9)4(16)2-11-6-3(15(17)18)1-12-7(13-6)14-10/h1,4-5,16H,2,10H2,(H2,11,12,13,14). The lowest BCUT2D eigenvalue weighted by molar-refractivity contribution is -0.384. The number of hydrazine groups is 1. The topological polar surface area (TPSA) is 139 Å². The van der Waals surface area contributed by atoms with Crippen molar-refractivity contribution >= 4 is 17.5 Å². The Morgan fingerprint density at radius 2 is 2.28 bits per heavy atom. The number of hydrogen-bond donors (Lipinski definition) is 4. The molecule has 18 heavy (non-hydrogen) atoms. The van der Waals surface area contributed by atoms with Gasteiger partial charge in [-0.15, -0.1) is 0 Å². The van der Waals surface area contributed by atoms with Crippen molar-refractivity contribution in [3.63, 3.8) is 0 Å². The van der Waals surface area contributed by atoms with Crippen molar-refractivity contribution in [2.45, 2.75) is 12.5 Å². The predicted molar refractivity (Wildman–Crippen MR) is 57.0 cm³/mol. The summed E-state index contributed by atoms with van der Waals surface area (Å²) in [6.45, 7) is -0.598. The quantitative estimate of drug-likeness (QED) is 0.312. The number of anilines is 2. The first-order valence-electron chi connectivity index (χ1n) is 4.63. The van der Waals surface area contributed by atoms with E-state index in [4.69, 9.17) is 10.9 Å². The van der Waals surface area contributed by atoms with Gasteiger partial charge in [-0.25, -0.2) is 19.6 Å². The summed E-state index contributed by atoms with van der Waals surface area (Å²) in [6.07, 6.45) is -4.07. The highest BCUT2D eigenvalue weighted by atomic mass is 19.3. The van der Waals surface area contributed by atoms with Crippen LogP contribution in [0, 0.1) is 10.1 Å². The number of nitrogens with two attached hydrogens (primary N) is 1. The lowest BCUT2D eigenvalue weighted by atomic mass is 10.3. The Morgan fingerprint density at radius 3 is 2.78 bits per heavy atom. The van der Waals surface area contributed by atoms with Gasteiger partial charge in [0.15, 0.2) is 0 Å². The van der Waals surface area contributed by atoms with E-state index in [2.05, 4.69) is 15.3 Å². The van der Waals surface area contributed by atoms with Crippen LogP contribution in [0.5, 0.6) is 0 Å². The normalized spacial score (nSPS) is 12.3. The fourth-order valence-corrected chi connectivity index (χ4v) is 0.999. The predicted octanol–water partition coefficient (Wildman–Crippen LogP) is -0.292. The minimum atomic E-state index is -2.97. The molecule has 100 valence electrons. The molecule has 1 unspecified atom stereocenters. The van der Waals surface area contributed by atoms with E-state index in [1.165, 1.54) is 0 Å². The van der Waals surface area contributed by atoms with E-state index in [0.29, 0.717) is 0 Å². The Hall–Kier alpha value is -2.14. The SMILES string of the molecule is NNc1ncc([N+](=O)[O-])c(NCC(O)C(F)F)n1. The van der Waals surface area contributed by atoms with E-state index in [1.54, 1.807) is 0 Å². The molecular formula is C7H10F2N6O3. The molecule has 0 saturated carbocycles. The zero-order chi connectivity index (χ0) is 13.7. The van der Waals surface area contributed by atoms with Crippen molar-refractivity contribution in [2.24, 2.45) is 5.84 Å². The van der Waals surface area contributed by atoms with Crippen molar-refractivity contribution in [1.82, 2.24) is 9.97 Å². The number of nitrogens with one attached hydrogen (secondary N) is 2. The van der Waals surface area contributed by atoms with Gasteiger partial charge >= 0.3 is 5.69 Å². The molecule has 1 rings (SSSR count). The van der Waals surface area contributed by atoms with Gasteiger partial charge in [-0.05, 0) is 0 Å². The molecule has 0 radical (unpaired) electrons. The monoisotopic (exact) mass is 264 g/mol. The second-order valence-electron chi connectivity index (χ2n) is 3.11. The van der Waals surface area contributed by atoms with Gasteiger partial charge in [0.2, 0.25) is 11.8 Å². The molecule has 11 heteroatoms. The van der Waals surface area contributed by atoms with Crippen LogP contribution in [0.25, 0.3) is 0 Å². The number of nitrogens with zero attached hydrogens (tertiary/aromatic N) is 3. The largest absolute Gasteiger partial charge is 0.385 e. The van der Waals surface area contributed by atoms with Crippen LogP contribution >= 0.6 is 0 Å². The first kappa shape index (κ1) is 13.9. The number of nitro groups is 1. The smallest absolute Gasteiger partial charge is 0.329 e.